The maximum Gasteiger partial charge on any atom is 0.142 e. The summed E-state index contributed by atoms with van der Waals surface area (Å²) in [5.74, 6) is 0.532. The zero-order valence-electron chi connectivity index (χ0n) is 7.70. The van der Waals surface area contributed by atoms with Crippen LogP contribution in [0, 0.1) is 5.92 Å². The van der Waals surface area contributed by atoms with Crippen LogP contribution in [0.1, 0.15) is 32.3 Å². The van der Waals surface area contributed by atoms with Crippen LogP contribution in [-0.4, -0.2) is 5.78 Å². The van der Waals surface area contributed by atoms with E-state index < -0.39 is 0 Å². The minimum absolute atomic E-state index is 0.0660. The Morgan fingerprint density at radius 3 is 2.50 bits per heavy atom. The van der Waals surface area contributed by atoms with Crippen molar-refractivity contribution < 1.29 is 4.79 Å². The predicted molar refractivity (Wildman–Crippen MR) is 52.6 cm³/mol. The molecule has 0 aromatic carbocycles. The summed E-state index contributed by atoms with van der Waals surface area (Å²) in [5, 5.41) is 4.06. The molecule has 1 aromatic heterocycles. The van der Waals surface area contributed by atoms with Crippen molar-refractivity contribution in [3.63, 3.8) is 0 Å². The van der Waals surface area contributed by atoms with Crippen LogP contribution < -0.4 is 0 Å². The van der Waals surface area contributed by atoms with Gasteiger partial charge < -0.3 is 0 Å². The molecule has 0 spiro atoms. The highest BCUT2D eigenvalue weighted by Crippen LogP contribution is 2.21. The first-order valence-electron chi connectivity index (χ1n) is 4.18. The summed E-state index contributed by atoms with van der Waals surface area (Å²) in [6.45, 7) is 5.88. The van der Waals surface area contributed by atoms with Crippen molar-refractivity contribution in [1.82, 2.24) is 0 Å². The number of thiophene rings is 1. The van der Waals surface area contributed by atoms with Gasteiger partial charge in [-0.2, -0.15) is 11.3 Å². The summed E-state index contributed by atoms with van der Waals surface area (Å²) >= 11 is 1.64. The van der Waals surface area contributed by atoms with Gasteiger partial charge in [-0.25, -0.2) is 0 Å². The summed E-state index contributed by atoms with van der Waals surface area (Å²) in [7, 11) is 0. The summed E-state index contributed by atoms with van der Waals surface area (Å²) in [6, 6.07) is 2.02. The van der Waals surface area contributed by atoms with Crippen molar-refractivity contribution in [2.24, 2.45) is 5.92 Å². The SMILES string of the molecule is CC(C)C(=O)C(C)c1ccsc1. The van der Waals surface area contributed by atoms with E-state index in [4.69, 9.17) is 0 Å². The molecule has 0 radical (unpaired) electrons. The Balaban J connectivity index is 2.72. The summed E-state index contributed by atoms with van der Waals surface area (Å²) in [4.78, 5) is 11.5. The molecule has 1 heterocycles. The third-order valence-corrected chi connectivity index (χ3v) is 2.74. The standard InChI is InChI=1S/C10H14OS/c1-7(2)10(11)8(3)9-4-5-12-6-9/h4-8H,1-3H3. The van der Waals surface area contributed by atoms with Crippen molar-refractivity contribution in [3.8, 4) is 0 Å². The molecule has 2 heteroatoms. The topological polar surface area (TPSA) is 17.1 Å². The molecule has 0 N–H and O–H groups in total. The molecule has 0 aliphatic heterocycles. The summed E-state index contributed by atoms with van der Waals surface area (Å²) < 4.78 is 0. The molecule has 66 valence electrons. The maximum absolute atomic E-state index is 11.5. The normalized spacial score (nSPS) is 13.3. The Kier molecular flexibility index (Phi) is 3.04. The van der Waals surface area contributed by atoms with Gasteiger partial charge in [0, 0.05) is 11.8 Å². The average molecular weight is 182 g/mol. The number of carbonyl (C=O) groups is 1. The lowest BCUT2D eigenvalue weighted by Gasteiger charge is -2.10. The molecule has 0 bridgehead atoms. The quantitative estimate of drug-likeness (QED) is 0.702. The van der Waals surface area contributed by atoms with Crippen LogP contribution in [0.15, 0.2) is 16.8 Å². The molecular formula is C10H14OS. The predicted octanol–water partition coefficient (Wildman–Crippen LogP) is 3.08. The lowest BCUT2D eigenvalue weighted by atomic mass is 9.92. The Bertz CT molecular complexity index is 249. The summed E-state index contributed by atoms with van der Waals surface area (Å²) in [6.07, 6.45) is 0. The van der Waals surface area contributed by atoms with Crippen LogP contribution in [0.25, 0.3) is 0 Å². The molecule has 0 saturated carbocycles. The molecule has 1 nitrogen and oxygen atoms in total. The minimum atomic E-state index is 0.0660. The number of carbonyl (C=O) groups excluding carboxylic acids is 1. The van der Waals surface area contributed by atoms with Crippen LogP contribution in [0.4, 0.5) is 0 Å². The van der Waals surface area contributed by atoms with E-state index in [1.54, 1.807) is 11.3 Å². The smallest absolute Gasteiger partial charge is 0.142 e. The number of Topliss-reactive ketones (excluding diaryl/α,β-unsaturated/α-hetero) is 1. The second kappa shape index (κ2) is 3.85. The van der Waals surface area contributed by atoms with Crippen LogP contribution in [0.3, 0.4) is 0 Å². The lowest BCUT2D eigenvalue weighted by molar-refractivity contribution is -0.123. The first kappa shape index (κ1) is 9.46. The average Bonchev–Trinajstić information content (AvgIpc) is 2.53. The van der Waals surface area contributed by atoms with E-state index in [-0.39, 0.29) is 11.8 Å². The Morgan fingerprint density at radius 2 is 2.08 bits per heavy atom. The largest absolute Gasteiger partial charge is 0.299 e. The van der Waals surface area contributed by atoms with Gasteiger partial charge in [0.2, 0.25) is 0 Å². The maximum atomic E-state index is 11.5. The van der Waals surface area contributed by atoms with E-state index in [0.29, 0.717) is 5.78 Å². The fraction of sp³-hybridized carbons (Fsp3) is 0.500. The van der Waals surface area contributed by atoms with Gasteiger partial charge >= 0.3 is 0 Å². The molecule has 0 fully saturated rings. The van der Waals surface area contributed by atoms with E-state index in [9.17, 15) is 4.79 Å². The number of rotatable bonds is 3. The molecule has 0 amide bonds. The third kappa shape index (κ3) is 1.95. The molecule has 1 aromatic rings. The van der Waals surface area contributed by atoms with Gasteiger partial charge in [-0.3, -0.25) is 4.79 Å². The van der Waals surface area contributed by atoms with E-state index in [1.807, 2.05) is 37.6 Å². The monoisotopic (exact) mass is 182 g/mol. The highest BCUT2D eigenvalue weighted by Gasteiger charge is 2.17. The van der Waals surface area contributed by atoms with Crippen LogP contribution in [0.2, 0.25) is 0 Å². The van der Waals surface area contributed by atoms with Crippen LogP contribution >= 0.6 is 11.3 Å². The number of hydrogen-bond acceptors (Lipinski definition) is 2. The second-order valence-electron chi connectivity index (χ2n) is 3.34. The van der Waals surface area contributed by atoms with Crippen LogP contribution in [0.5, 0.6) is 0 Å². The van der Waals surface area contributed by atoms with Crippen molar-refractivity contribution >= 4 is 17.1 Å². The Hall–Kier alpha value is -0.630. The van der Waals surface area contributed by atoms with Gasteiger partial charge in [0.1, 0.15) is 5.78 Å². The van der Waals surface area contributed by atoms with E-state index in [1.165, 1.54) is 0 Å². The van der Waals surface area contributed by atoms with Crippen molar-refractivity contribution in [1.29, 1.82) is 0 Å². The molecular weight excluding hydrogens is 168 g/mol. The first-order valence-corrected chi connectivity index (χ1v) is 5.13. The van der Waals surface area contributed by atoms with Gasteiger partial charge in [0.25, 0.3) is 0 Å². The minimum Gasteiger partial charge on any atom is -0.299 e. The van der Waals surface area contributed by atoms with Crippen molar-refractivity contribution in [2.75, 3.05) is 0 Å². The van der Waals surface area contributed by atoms with Gasteiger partial charge in [0.05, 0.1) is 0 Å². The Morgan fingerprint density at radius 1 is 1.42 bits per heavy atom. The van der Waals surface area contributed by atoms with E-state index in [2.05, 4.69) is 0 Å². The van der Waals surface area contributed by atoms with E-state index >= 15 is 0 Å². The van der Waals surface area contributed by atoms with Gasteiger partial charge in [-0.1, -0.05) is 20.8 Å². The lowest BCUT2D eigenvalue weighted by Crippen LogP contribution is -2.14. The van der Waals surface area contributed by atoms with Crippen molar-refractivity contribution in [2.45, 2.75) is 26.7 Å². The fourth-order valence-electron chi connectivity index (χ4n) is 1.19. The molecule has 0 aliphatic rings. The highest BCUT2D eigenvalue weighted by molar-refractivity contribution is 7.08. The van der Waals surface area contributed by atoms with E-state index in [0.717, 1.165) is 5.56 Å². The summed E-state index contributed by atoms with van der Waals surface area (Å²) in [5.41, 5.74) is 1.15. The Labute approximate surface area is 77.4 Å². The third-order valence-electron chi connectivity index (χ3n) is 2.04. The van der Waals surface area contributed by atoms with Gasteiger partial charge in [-0.15, -0.1) is 0 Å². The fourth-order valence-corrected chi connectivity index (χ4v) is 1.94. The molecule has 1 atom stereocenters. The number of hydrogen-bond donors (Lipinski definition) is 0. The van der Waals surface area contributed by atoms with Crippen LogP contribution in [-0.2, 0) is 4.79 Å². The zero-order chi connectivity index (χ0) is 9.14. The van der Waals surface area contributed by atoms with Gasteiger partial charge in [0.15, 0.2) is 0 Å². The highest BCUT2D eigenvalue weighted by atomic mass is 32.1. The molecule has 1 unspecified atom stereocenters. The first-order chi connectivity index (χ1) is 5.63. The zero-order valence-corrected chi connectivity index (χ0v) is 8.52. The second-order valence-corrected chi connectivity index (χ2v) is 4.12. The number of ketones is 1. The van der Waals surface area contributed by atoms with Crippen molar-refractivity contribution in [3.05, 3.63) is 22.4 Å². The molecule has 0 aliphatic carbocycles. The molecule has 12 heavy (non-hydrogen) atoms. The molecule has 0 saturated heterocycles. The molecule has 1 rings (SSSR count). The van der Waals surface area contributed by atoms with Gasteiger partial charge in [-0.05, 0) is 22.4 Å².